The van der Waals surface area contributed by atoms with Crippen LogP contribution in [0.4, 0.5) is 0 Å². The van der Waals surface area contributed by atoms with Gasteiger partial charge in [-0.25, -0.2) is 0 Å². The number of benzene rings is 2. The molecule has 29 heavy (non-hydrogen) atoms. The minimum atomic E-state index is -1.13. The minimum absolute atomic E-state index is 0. The Morgan fingerprint density at radius 2 is 0.862 bits per heavy atom. The number of rotatable bonds is 2. The fourth-order valence-corrected chi connectivity index (χ4v) is 1.51. The van der Waals surface area contributed by atoms with E-state index < -0.39 is 11.9 Å². The Bertz CT molecular complexity index is 746. The van der Waals surface area contributed by atoms with E-state index in [1.807, 2.05) is 0 Å². The minimum Gasteiger partial charge on any atom is -0.999 e. The predicted octanol–water partition coefficient (Wildman–Crippen LogP) is 1.31. The molecular formula is C24H12O4V-8. The third kappa shape index (κ3) is 13.5. The topological polar surface area (TPSA) is 80.3 Å². The third-order valence-electron chi connectivity index (χ3n) is 2.72. The van der Waals surface area contributed by atoms with Gasteiger partial charge in [-0.05, 0) is 11.1 Å². The smallest absolute Gasteiger partial charge is 0.999 e. The second-order valence-corrected chi connectivity index (χ2v) is 4.67. The average molecular weight is 415 g/mol. The molecule has 4 nitrogen and oxygen atoms in total. The number of hydrogen-bond acceptors (Lipinski definition) is 4. The summed E-state index contributed by atoms with van der Waals surface area (Å²) >= 11 is 0. The van der Waals surface area contributed by atoms with Crippen molar-refractivity contribution in [3.8, 4) is 0 Å². The Morgan fingerprint density at radius 1 is 0.586 bits per heavy atom. The molecule has 0 aromatic heterocycles. The first kappa shape index (κ1) is 25.7. The first-order valence-electron chi connectivity index (χ1n) is 7.79. The van der Waals surface area contributed by atoms with Crippen LogP contribution in [0, 0.1) is 48.5 Å². The van der Waals surface area contributed by atoms with Crippen LogP contribution >= 0.6 is 0 Å². The van der Waals surface area contributed by atoms with Gasteiger partial charge in [-0.2, -0.15) is 0 Å². The van der Waals surface area contributed by atoms with Crippen molar-refractivity contribution in [3.05, 3.63) is 132 Å². The molecule has 0 bridgehead atoms. The summed E-state index contributed by atoms with van der Waals surface area (Å²) in [6.07, 6.45) is 0. The van der Waals surface area contributed by atoms with Gasteiger partial charge in [0.15, 0.2) is 0 Å². The third-order valence-corrected chi connectivity index (χ3v) is 2.72. The maximum atomic E-state index is 10.1. The van der Waals surface area contributed by atoms with Crippen LogP contribution < -0.4 is 10.2 Å². The van der Waals surface area contributed by atoms with E-state index in [9.17, 15) is 19.8 Å². The Kier molecular flexibility index (Phi) is 14.9. The number of carbonyl (C=O) groups is 2. The largest absolute Gasteiger partial charge is 4.00 e. The quantitative estimate of drug-likeness (QED) is 0.463. The molecule has 0 aliphatic heterocycles. The Balaban J connectivity index is 0.000000369. The normalized spacial score (nSPS) is 8.28. The number of hydrogen-bond donors (Lipinski definition) is 0. The van der Waals surface area contributed by atoms with E-state index in [2.05, 4.69) is 48.5 Å². The summed E-state index contributed by atoms with van der Waals surface area (Å²) in [6, 6.07) is 40.1. The van der Waals surface area contributed by atoms with Gasteiger partial charge in [-0.3, -0.25) is 0 Å². The van der Waals surface area contributed by atoms with Gasteiger partial charge in [0.05, 0.1) is 11.9 Å². The van der Waals surface area contributed by atoms with Crippen LogP contribution in [0.2, 0.25) is 0 Å². The maximum Gasteiger partial charge on any atom is 4.00 e. The van der Waals surface area contributed by atoms with Crippen LogP contribution in [0.3, 0.4) is 0 Å². The van der Waals surface area contributed by atoms with Gasteiger partial charge in [0.25, 0.3) is 0 Å². The second kappa shape index (κ2) is 16.8. The van der Waals surface area contributed by atoms with Gasteiger partial charge in [-0.15, -0.1) is 0 Å². The molecule has 0 saturated heterocycles. The molecule has 0 spiro atoms. The second-order valence-electron chi connectivity index (χ2n) is 4.67. The van der Waals surface area contributed by atoms with Gasteiger partial charge in [-0.1, -0.05) is 60.7 Å². The van der Waals surface area contributed by atoms with E-state index >= 15 is 0 Å². The molecule has 0 aliphatic rings. The number of carbonyl (C=O) groups excluding carboxylic acids is 2. The van der Waals surface area contributed by atoms with Crippen LogP contribution in [-0.4, -0.2) is 11.9 Å². The van der Waals surface area contributed by atoms with E-state index in [1.165, 1.54) is 24.3 Å². The molecule has 0 saturated carbocycles. The molecule has 4 aromatic carbocycles. The van der Waals surface area contributed by atoms with Crippen LogP contribution in [-0.2, 0) is 18.6 Å². The standard InChI is InChI=1S/2C7H6O2.2C5H.V/c2*8-7(9)6-4-2-1-3-5-6;2*1-2-4-5-3-1;/h2*1-5H,(H,8,9);2*1H;/q;;2*-5;+4/p-2. The molecule has 0 unspecified atom stereocenters. The zero-order valence-corrected chi connectivity index (χ0v) is 16.4. The van der Waals surface area contributed by atoms with Gasteiger partial charge < -0.3 is 80.5 Å². The van der Waals surface area contributed by atoms with E-state index in [1.54, 1.807) is 48.5 Å². The molecule has 145 valence electrons. The molecule has 0 fully saturated rings. The van der Waals surface area contributed by atoms with Crippen molar-refractivity contribution in [2.45, 2.75) is 0 Å². The van der Waals surface area contributed by atoms with Crippen molar-refractivity contribution in [1.29, 1.82) is 0 Å². The maximum absolute atomic E-state index is 10.1. The Hall–Kier alpha value is -3.34. The van der Waals surface area contributed by atoms with Crippen LogP contribution in [0.5, 0.6) is 0 Å². The molecule has 0 atom stereocenters. The molecule has 0 N–H and O–H groups in total. The van der Waals surface area contributed by atoms with E-state index in [0.29, 0.717) is 0 Å². The van der Waals surface area contributed by atoms with E-state index in [-0.39, 0.29) is 29.7 Å². The summed E-state index contributed by atoms with van der Waals surface area (Å²) in [4.78, 5) is 20.2. The monoisotopic (exact) mass is 415 g/mol. The average Bonchev–Trinajstić information content (AvgIpc) is 3.48. The molecule has 1 radical (unpaired) electrons. The number of carboxylic acids is 2. The molecule has 4 rings (SSSR count). The summed E-state index contributed by atoms with van der Waals surface area (Å²) in [5.41, 5.74) is 0.440. The number of carboxylic acid groups (broad SMARTS) is 2. The Morgan fingerprint density at radius 3 is 1.00 bits per heavy atom. The fraction of sp³-hybridized carbons (Fsp3) is 0. The molecular weight excluding hydrogens is 403 g/mol. The molecule has 4 aromatic rings. The Labute approximate surface area is 182 Å². The van der Waals surface area contributed by atoms with Crippen LogP contribution in [0.1, 0.15) is 20.7 Å². The summed E-state index contributed by atoms with van der Waals surface area (Å²) in [5.74, 6) is -2.26. The van der Waals surface area contributed by atoms with Gasteiger partial charge in [0, 0.05) is 0 Å². The molecule has 0 amide bonds. The number of aromatic carboxylic acids is 2. The summed E-state index contributed by atoms with van der Waals surface area (Å²) in [7, 11) is 0. The van der Waals surface area contributed by atoms with Gasteiger partial charge in [0.2, 0.25) is 0 Å². The summed E-state index contributed by atoms with van der Waals surface area (Å²) in [5, 5.41) is 20.2. The van der Waals surface area contributed by atoms with Crippen molar-refractivity contribution >= 4 is 11.9 Å². The fourth-order valence-electron chi connectivity index (χ4n) is 1.51. The predicted molar refractivity (Wildman–Crippen MR) is 96.3 cm³/mol. The molecule has 0 aliphatic carbocycles. The van der Waals surface area contributed by atoms with Crippen molar-refractivity contribution < 1.29 is 38.4 Å². The van der Waals surface area contributed by atoms with Crippen molar-refractivity contribution in [2.24, 2.45) is 0 Å². The summed E-state index contributed by atoms with van der Waals surface area (Å²) < 4.78 is 0. The van der Waals surface area contributed by atoms with Crippen molar-refractivity contribution in [3.63, 3.8) is 0 Å². The summed E-state index contributed by atoms with van der Waals surface area (Å²) in [6.45, 7) is 0. The molecule has 5 heteroatoms. The first-order chi connectivity index (χ1) is 13.6. The van der Waals surface area contributed by atoms with Crippen molar-refractivity contribution in [1.82, 2.24) is 0 Å². The van der Waals surface area contributed by atoms with Crippen LogP contribution in [0.25, 0.3) is 0 Å². The van der Waals surface area contributed by atoms with Crippen LogP contribution in [0.15, 0.2) is 72.8 Å². The SMILES string of the molecule is O=C([O-])c1ccccc1.O=C([O-])c1ccccc1.[V+4].[c-]1[c-][c-][cH-][c-]1.[c-]1[c-][c-][cH-][c-]1. The zero-order valence-electron chi connectivity index (χ0n) is 15.0. The zero-order chi connectivity index (χ0) is 20.5. The van der Waals surface area contributed by atoms with Gasteiger partial charge in [0.1, 0.15) is 0 Å². The molecule has 0 heterocycles. The first-order valence-corrected chi connectivity index (χ1v) is 7.79. The van der Waals surface area contributed by atoms with Crippen molar-refractivity contribution in [2.75, 3.05) is 0 Å². The van der Waals surface area contributed by atoms with E-state index in [4.69, 9.17) is 0 Å². The van der Waals surface area contributed by atoms with E-state index in [0.717, 1.165) is 0 Å². The van der Waals surface area contributed by atoms with Gasteiger partial charge >= 0.3 is 18.6 Å².